The summed E-state index contributed by atoms with van der Waals surface area (Å²) in [6.45, 7) is 4.66. The van der Waals surface area contributed by atoms with Gasteiger partial charge in [-0.2, -0.15) is 9.36 Å². The second kappa shape index (κ2) is 4.37. The Bertz CT molecular complexity index is 238. The zero-order valence-electron chi connectivity index (χ0n) is 7.50. The number of nitrogens with one attached hydrogen (secondary N) is 1. The number of hydrogen-bond acceptors (Lipinski definition) is 5. The molecule has 0 aliphatic carbocycles. The van der Waals surface area contributed by atoms with Crippen molar-refractivity contribution in [1.29, 1.82) is 0 Å². The lowest BCUT2D eigenvalue weighted by Gasteiger charge is -2.09. The fraction of sp³-hybridized carbons (Fsp3) is 0.714. The largest absolute Gasteiger partial charge is 0.465 e. The van der Waals surface area contributed by atoms with Crippen LogP contribution in [0.5, 0.6) is 5.19 Å². The van der Waals surface area contributed by atoms with Crippen LogP contribution in [0.3, 0.4) is 0 Å². The van der Waals surface area contributed by atoms with E-state index >= 15 is 0 Å². The van der Waals surface area contributed by atoms with Crippen molar-refractivity contribution in [2.45, 2.75) is 20.0 Å². The van der Waals surface area contributed by atoms with Gasteiger partial charge in [-0.1, -0.05) is 0 Å². The lowest BCUT2D eigenvalue weighted by Crippen LogP contribution is -2.25. The molecule has 1 heterocycles. The van der Waals surface area contributed by atoms with Crippen molar-refractivity contribution in [3.8, 4) is 5.19 Å². The van der Waals surface area contributed by atoms with Crippen molar-refractivity contribution in [1.82, 2.24) is 14.7 Å². The first-order valence-corrected chi connectivity index (χ1v) is 4.61. The van der Waals surface area contributed by atoms with E-state index in [0.29, 0.717) is 5.19 Å². The van der Waals surface area contributed by atoms with Crippen molar-refractivity contribution >= 4 is 11.5 Å². The first-order valence-electron chi connectivity index (χ1n) is 3.84. The zero-order chi connectivity index (χ0) is 8.97. The number of aromatic nitrogens is 2. The van der Waals surface area contributed by atoms with Gasteiger partial charge in [-0.3, -0.25) is 0 Å². The van der Waals surface area contributed by atoms with Gasteiger partial charge in [0.25, 0.3) is 5.19 Å². The van der Waals surface area contributed by atoms with Gasteiger partial charge < -0.3 is 10.1 Å². The van der Waals surface area contributed by atoms with Gasteiger partial charge >= 0.3 is 0 Å². The molecule has 1 unspecified atom stereocenters. The van der Waals surface area contributed by atoms with Crippen LogP contribution in [0.2, 0.25) is 0 Å². The maximum absolute atomic E-state index is 5.46. The number of aryl methyl sites for hydroxylation is 1. The molecule has 0 spiro atoms. The quantitative estimate of drug-likeness (QED) is 0.758. The summed E-state index contributed by atoms with van der Waals surface area (Å²) in [5.41, 5.74) is 0. The molecular weight excluding hydrogens is 174 g/mol. The van der Waals surface area contributed by atoms with E-state index in [1.165, 1.54) is 11.5 Å². The third-order valence-corrected chi connectivity index (χ3v) is 2.00. The van der Waals surface area contributed by atoms with Gasteiger partial charge in [0.05, 0.1) is 0 Å². The molecule has 12 heavy (non-hydrogen) atoms. The van der Waals surface area contributed by atoms with Crippen molar-refractivity contribution in [3.63, 3.8) is 0 Å². The molecule has 0 saturated heterocycles. The highest BCUT2D eigenvalue weighted by Crippen LogP contribution is 2.14. The number of rotatable bonds is 4. The Morgan fingerprint density at radius 3 is 2.92 bits per heavy atom. The van der Waals surface area contributed by atoms with Gasteiger partial charge in [0.1, 0.15) is 11.9 Å². The van der Waals surface area contributed by atoms with Crippen molar-refractivity contribution in [2.24, 2.45) is 0 Å². The highest BCUT2D eigenvalue weighted by Gasteiger charge is 2.05. The van der Waals surface area contributed by atoms with Gasteiger partial charge in [0, 0.05) is 18.1 Å². The number of nitrogens with zero attached hydrogens (tertiary/aromatic N) is 2. The maximum atomic E-state index is 5.46. The molecule has 0 bridgehead atoms. The van der Waals surface area contributed by atoms with E-state index in [1.54, 1.807) is 0 Å². The van der Waals surface area contributed by atoms with E-state index in [0.717, 1.165) is 12.4 Å². The second-order valence-electron chi connectivity index (χ2n) is 2.59. The number of ether oxygens (including phenoxy) is 1. The topological polar surface area (TPSA) is 47.0 Å². The van der Waals surface area contributed by atoms with Gasteiger partial charge in [0.2, 0.25) is 0 Å². The summed E-state index contributed by atoms with van der Waals surface area (Å²) in [6, 6.07) is 0. The fourth-order valence-electron chi connectivity index (χ4n) is 0.827. The maximum Gasteiger partial charge on any atom is 0.293 e. The Morgan fingerprint density at radius 2 is 2.42 bits per heavy atom. The van der Waals surface area contributed by atoms with Gasteiger partial charge in [0.15, 0.2) is 0 Å². The van der Waals surface area contributed by atoms with Gasteiger partial charge in [-0.05, 0) is 20.9 Å². The molecular formula is C7H13N3OS. The first kappa shape index (κ1) is 9.41. The minimum Gasteiger partial charge on any atom is -0.465 e. The third-order valence-electron chi connectivity index (χ3n) is 1.30. The van der Waals surface area contributed by atoms with Crippen molar-refractivity contribution in [2.75, 3.05) is 13.6 Å². The molecule has 1 aromatic rings. The van der Waals surface area contributed by atoms with E-state index in [1.807, 2.05) is 20.9 Å². The molecule has 1 rings (SSSR count). The molecule has 5 heteroatoms. The SMILES string of the molecule is CNCC(C)Oc1nc(C)ns1. The number of likely N-dealkylation sites (N-methyl/N-ethyl adjacent to an activating group) is 1. The van der Waals surface area contributed by atoms with E-state index in [-0.39, 0.29) is 6.10 Å². The van der Waals surface area contributed by atoms with E-state index in [4.69, 9.17) is 4.74 Å². The second-order valence-corrected chi connectivity index (χ2v) is 3.31. The molecule has 1 N–H and O–H groups in total. The van der Waals surface area contributed by atoms with E-state index < -0.39 is 0 Å². The zero-order valence-corrected chi connectivity index (χ0v) is 8.31. The normalized spacial score (nSPS) is 12.9. The Balaban J connectivity index is 2.41. The molecule has 0 saturated carbocycles. The summed E-state index contributed by atoms with van der Waals surface area (Å²) in [4.78, 5) is 4.09. The van der Waals surface area contributed by atoms with Gasteiger partial charge in [-0.15, -0.1) is 0 Å². The summed E-state index contributed by atoms with van der Waals surface area (Å²) in [7, 11) is 1.89. The van der Waals surface area contributed by atoms with Crippen LogP contribution in [-0.2, 0) is 0 Å². The first-order chi connectivity index (χ1) is 5.72. The standard InChI is InChI=1S/C7H13N3OS/c1-5(4-8-3)11-7-9-6(2)10-12-7/h5,8H,4H2,1-3H3. The summed E-state index contributed by atoms with van der Waals surface area (Å²) >= 11 is 1.29. The van der Waals surface area contributed by atoms with Crippen LogP contribution < -0.4 is 10.1 Å². The van der Waals surface area contributed by atoms with Crippen LogP contribution >= 0.6 is 11.5 Å². The van der Waals surface area contributed by atoms with Crippen LogP contribution in [0.15, 0.2) is 0 Å². The Morgan fingerprint density at radius 1 is 1.67 bits per heavy atom. The van der Waals surface area contributed by atoms with Crippen LogP contribution in [-0.4, -0.2) is 29.1 Å². The predicted octanol–water partition coefficient (Wildman–Crippen LogP) is 0.833. The lowest BCUT2D eigenvalue weighted by molar-refractivity contribution is 0.219. The average molecular weight is 187 g/mol. The van der Waals surface area contributed by atoms with Crippen LogP contribution in [0.4, 0.5) is 0 Å². The van der Waals surface area contributed by atoms with Crippen molar-refractivity contribution in [3.05, 3.63) is 5.82 Å². The molecule has 4 nitrogen and oxygen atoms in total. The molecule has 68 valence electrons. The van der Waals surface area contributed by atoms with E-state index in [9.17, 15) is 0 Å². The molecule has 1 atom stereocenters. The van der Waals surface area contributed by atoms with Gasteiger partial charge in [-0.25, -0.2) is 0 Å². The summed E-state index contributed by atoms with van der Waals surface area (Å²) in [6.07, 6.45) is 0.141. The van der Waals surface area contributed by atoms with Crippen LogP contribution in [0.25, 0.3) is 0 Å². The predicted molar refractivity (Wildman–Crippen MR) is 48.7 cm³/mol. The molecule has 0 amide bonds. The number of hydrogen-bond donors (Lipinski definition) is 1. The Hall–Kier alpha value is -0.680. The third kappa shape index (κ3) is 2.75. The fourth-order valence-corrected chi connectivity index (χ4v) is 1.46. The Kier molecular flexibility index (Phi) is 3.43. The summed E-state index contributed by atoms with van der Waals surface area (Å²) in [5, 5.41) is 3.67. The lowest BCUT2D eigenvalue weighted by atomic mass is 10.4. The van der Waals surface area contributed by atoms with Crippen LogP contribution in [0, 0.1) is 6.92 Å². The van der Waals surface area contributed by atoms with E-state index in [2.05, 4.69) is 14.7 Å². The molecule has 0 aliphatic heterocycles. The average Bonchev–Trinajstić information content (AvgIpc) is 2.36. The molecule has 0 aliphatic rings. The molecule has 0 radical (unpaired) electrons. The Labute approximate surface area is 76.1 Å². The molecule has 1 aromatic heterocycles. The minimum atomic E-state index is 0.141. The molecule has 0 fully saturated rings. The summed E-state index contributed by atoms with van der Waals surface area (Å²) in [5.74, 6) is 0.770. The monoisotopic (exact) mass is 187 g/mol. The highest BCUT2D eigenvalue weighted by molar-refractivity contribution is 7.07. The smallest absolute Gasteiger partial charge is 0.293 e. The molecule has 0 aromatic carbocycles. The van der Waals surface area contributed by atoms with Crippen molar-refractivity contribution < 1.29 is 4.74 Å². The van der Waals surface area contributed by atoms with Crippen LogP contribution in [0.1, 0.15) is 12.7 Å². The minimum absolute atomic E-state index is 0.141. The summed E-state index contributed by atoms with van der Waals surface area (Å²) < 4.78 is 9.47. The highest BCUT2D eigenvalue weighted by atomic mass is 32.1.